The first-order valence-electron chi connectivity index (χ1n) is 9.00. The van der Waals surface area contributed by atoms with Gasteiger partial charge in [0.2, 0.25) is 0 Å². The van der Waals surface area contributed by atoms with Crippen molar-refractivity contribution in [3.63, 3.8) is 0 Å². The fourth-order valence-electron chi connectivity index (χ4n) is 3.27. The largest absolute Gasteiger partial charge is 0.389 e. The maximum atomic E-state index is 10.2. The second-order valence-electron chi connectivity index (χ2n) is 7.33. The minimum Gasteiger partial charge on any atom is -0.389 e. The van der Waals surface area contributed by atoms with Crippen LogP contribution in [0.25, 0.3) is 0 Å². The first kappa shape index (κ1) is 19.4. The van der Waals surface area contributed by atoms with Gasteiger partial charge in [-0.2, -0.15) is 0 Å². The third-order valence-electron chi connectivity index (χ3n) is 5.08. The maximum Gasteiger partial charge on any atom is 0.0814 e. The summed E-state index contributed by atoms with van der Waals surface area (Å²) in [4.78, 5) is 0. The Morgan fingerprint density at radius 3 is 2.55 bits per heavy atom. The van der Waals surface area contributed by atoms with Crippen LogP contribution >= 0.6 is 0 Å². The lowest BCUT2D eigenvalue weighted by molar-refractivity contribution is -0.00630. The zero-order valence-electron chi connectivity index (χ0n) is 15.4. The first-order chi connectivity index (χ1) is 10.4. The molecule has 2 heteroatoms. The number of allylic oxidation sites excluding steroid dienone is 2. The average Bonchev–Trinajstić information content (AvgIpc) is 2.46. The molecule has 1 rings (SSSR count). The lowest BCUT2D eigenvalue weighted by Gasteiger charge is -2.37. The van der Waals surface area contributed by atoms with Gasteiger partial charge in [-0.3, -0.25) is 0 Å². The summed E-state index contributed by atoms with van der Waals surface area (Å²) in [6.45, 7) is 13.8. The van der Waals surface area contributed by atoms with Crippen molar-refractivity contribution in [3.05, 3.63) is 23.3 Å². The van der Waals surface area contributed by atoms with E-state index in [1.165, 1.54) is 30.4 Å². The number of aliphatic hydroxyl groups excluding tert-OH is 1. The molecule has 0 saturated heterocycles. The molecule has 0 aromatic rings. The van der Waals surface area contributed by atoms with Crippen LogP contribution in [0.5, 0.6) is 0 Å². The number of hydrogen-bond donors (Lipinski definition) is 1. The van der Waals surface area contributed by atoms with E-state index in [0.717, 1.165) is 13.0 Å². The first-order valence-corrected chi connectivity index (χ1v) is 9.00. The third-order valence-corrected chi connectivity index (χ3v) is 5.08. The van der Waals surface area contributed by atoms with Gasteiger partial charge in [-0.25, -0.2) is 0 Å². The van der Waals surface area contributed by atoms with Crippen LogP contribution in [0.4, 0.5) is 0 Å². The standard InChI is InChI=1S/C20H36O2/c1-7-22-20-17(6)16(5)19(21)13-18(20)12-11-15(4)10-8-9-14(2)3/h9,13,15-17,19-21H,7-8,10-12H2,1-6H3. The van der Waals surface area contributed by atoms with Crippen molar-refractivity contribution in [2.24, 2.45) is 17.8 Å². The van der Waals surface area contributed by atoms with Gasteiger partial charge in [-0.1, -0.05) is 38.5 Å². The molecule has 0 aromatic heterocycles. The number of hydrogen-bond acceptors (Lipinski definition) is 2. The van der Waals surface area contributed by atoms with E-state index in [1.54, 1.807) is 0 Å². The molecule has 5 unspecified atom stereocenters. The van der Waals surface area contributed by atoms with Crippen LogP contribution in [-0.4, -0.2) is 23.9 Å². The Bertz CT molecular complexity index is 379. The van der Waals surface area contributed by atoms with Crippen molar-refractivity contribution in [2.75, 3.05) is 6.61 Å². The molecular weight excluding hydrogens is 272 g/mol. The smallest absolute Gasteiger partial charge is 0.0814 e. The third kappa shape index (κ3) is 5.89. The van der Waals surface area contributed by atoms with Crippen molar-refractivity contribution in [1.82, 2.24) is 0 Å². The number of aliphatic hydroxyl groups is 1. The summed E-state index contributed by atoms with van der Waals surface area (Å²) in [7, 11) is 0. The van der Waals surface area contributed by atoms with Gasteiger partial charge in [-0.05, 0) is 69.8 Å². The van der Waals surface area contributed by atoms with E-state index in [-0.39, 0.29) is 18.1 Å². The topological polar surface area (TPSA) is 29.5 Å². The zero-order valence-corrected chi connectivity index (χ0v) is 15.4. The predicted octanol–water partition coefficient (Wildman–Crippen LogP) is 5.13. The molecule has 0 aliphatic heterocycles. The Labute approximate surface area is 137 Å². The lowest BCUT2D eigenvalue weighted by atomic mass is 9.76. The summed E-state index contributed by atoms with van der Waals surface area (Å²) >= 11 is 0. The van der Waals surface area contributed by atoms with Gasteiger partial charge in [0.1, 0.15) is 0 Å². The predicted molar refractivity (Wildman–Crippen MR) is 94.9 cm³/mol. The molecule has 5 atom stereocenters. The Morgan fingerprint density at radius 2 is 1.95 bits per heavy atom. The van der Waals surface area contributed by atoms with E-state index >= 15 is 0 Å². The van der Waals surface area contributed by atoms with Crippen LogP contribution in [0.3, 0.4) is 0 Å². The molecule has 0 fully saturated rings. The van der Waals surface area contributed by atoms with Crippen molar-refractivity contribution in [2.45, 2.75) is 79.4 Å². The van der Waals surface area contributed by atoms with Gasteiger partial charge in [0.25, 0.3) is 0 Å². The Kier molecular flexibility index (Phi) is 8.41. The summed E-state index contributed by atoms with van der Waals surface area (Å²) < 4.78 is 5.98. The highest BCUT2D eigenvalue weighted by molar-refractivity contribution is 5.18. The summed E-state index contributed by atoms with van der Waals surface area (Å²) in [5, 5.41) is 10.2. The van der Waals surface area contributed by atoms with Crippen LogP contribution in [0.2, 0.25) is 0 Å². The quantitative estimate of drug-likeness (QED) is 0.630. The fourth-order valence-corrected chi connectivity index (χ4v) is 3.27. The maximum absolute atomic E-state index is 10.2. The molecule has 1 N–H and O–H groups in total. The van der Waals surface area contributed by atoms with Crippen LogP contribution in [0, 0.1) is 17.8 Å². The second-order valence-corrected chi connectivity index (χ2v) is 7.33. The second kappa shape index (κ2) is 9.52. The van der Waals surface area contributed by atoms with Gasteiger partial charge in [0.15, 0.2) is 0 Å². The van der Waals surface area contributed by atoms with Gasteiger partial charge in [0, 0.05) is 6.61 Å². The summed E-state index contributed by atoms with van der Waals surface area (Å²) in [6, 6.07) is 0. The molecule has 0 saturated carbocycles. The van der Waals surface area contributed by atoms with Gasteiger partial charge in [0.05, 0.1) is 12.2 Å². The van der Waals surface area contributed by atoms with Crippen molar-refractivity contribution >= 4 is 0 Å². The summed E-state index contributed by atoms with van der Waals surface area (Å²) in [5.41, 5.74) is 2.72. The Morgan fingerprint density at radius 1 is 1.27 bits per heavy atom. The van der Waals surface area contributed by atoms with Gasteiger partial charge < -0.3 is 9.84 Å². The molecule has 0 aromatic carbocycles. The van der Waals surface area contributed by atoms with Crippen LogP contribution in [0.15, 0.2) is 23.3 Å². The number of ether oxygens (including phenoxy) is 1. The molecule has 128 valence electrons. The van der Waals surface area contributed by atoms with Crippen LogP contribution in [0.1, 0.15) is 67.2 Å². The van der Waals surface area contributed by atoms with Gasteiger partial charge in [-0.15, -0.1) is 0 Å². The fraction of sp³-hybridized carbons (Fsp3) is 0.800. The average molecular weight is 309 g/mol. The highest BCUT2D eigenvalue weighted by atomic mass is 16.5. The van der Waals surface area contributed by atoms with Crippen LogP contribution in [-0.2, 0) is 4.74 Å². The molecule has 0 amide bonds. The Balaban J connectivity index is 2.57. The van der Waals surface area contributed by atoms with Crippen molar-refractivity contribution in [3.8, 4) is 0 Å². The normalized spacial score (nSPS) is 29.9. The minimum absolute atomic E-state index is 0.188. The van der Waals surface area contributed by atoms with Gasteiger partial charge >= 0.3 is 0 Å². The van der Waals surface area contributed by atoms with Crippen LogP contribution < -0.4 is 0 Å². The molecule has 0 radical (unpaired) electrons. The molecule has 1 aliphatic carbocycles. The zero-order chi connectivity index (χ0) is 16.7. The minimum atomic E-state index is -0.317. The van der Waals surface area contributed by atoms with E-state index < -0.39 is 0 Å². The molecule has 0 heterocycles. The van der Waals surface area contributed by atoms with E-state index in [4.69, 9.17) is 4.74 Å². The summed E-state index contributed by atoms with van der Waals surface area (Å²) in [5.74, 6) is 1.37. The highest BCUT2D eigenvalue weighted by Gasteiger charge is 2.34. The lowest BCUT2D eigenvalue weighted by Crippen LogP contribution is -2.39. The summed E-state index contributed by atoms with van der Waals surface area (Å²) in [6.07, 6.45) is 8.91. The molecule has 22 heavy (non-hydrogen) atoms. The molecular formula is C20H36O2. The molecule has 0 bridgehead atoms. The molecule has 0 spiro atoms. The van der Waals surface area contributed by atoms with E-state index in [9.17, 15) is 5.11 Å². The van der Waals surface area contributed by atoms with E-state index in [2.05, 4.69) is 53.7 Å². The van der Waals surface area contributed by atoms with E-state index in [1.807, 2.05) is 0 Å². The van der Waals surface area contributed by atoms with Crippen molar-refractivity contribution < 1.29 is 9.84 Å². The van der Waals surface area contributed by atoms with E-state index in [0.29, 0.717) is 11.8 Å². The van der Waals surface area contributed by atoms with Crippen molar-refractivity contribution in [1.29, 1.82) is 0 Å². The number of rotatable bonds is 8. The SMILES string of the molecule is CCOC1C(CCC(C)CCC=C(C)C)=CC(O)C(C)C1C. The highest BCUT2D eigenvalue weighted by Crippen LogP contribution is 2.35. The Hall–Kier alpha value is -0.600. The monoisotopic (exact) mass is 308 g/mol. The molecule has 2 nitrogen and oxygen atoms in total. The molecule has 1 aliphatic rings.